The van der Waals surface area contributed by atoms with Crippen LogP contribution in [0, 0.1) is 5.92 Å². The molecule has 0 heterocycles. The summed E-state index contributed by atoms with van der Waals surface area (Å²) in [5.41, 5.74) is -0.378. The molecule has 0 fully saturated rings. The summed E-state index contributed by atoms with van der Waals surface area (Å²) >= 11 is 0. The molecule has 2 bridgehead atoms. The number of ether oxygens (including phenoxy) is 1. The van der Waals surface area contributed by atoms with E-state index in [0.717, 1.165) is 6.42 Å². The van der Waals surface area contributed by atoms with Crippen molar-refractivity contribution in [1.29, 1.82) is 0 Å². The fourth-order valence-electron chi connectivity index (χ4n) is 1.71. The summed E-state index contributed by atoms with van der Waals surface area (Å²) in [5, 5.41) is 0. The summed E-state index contributed by atoms with van der Waals surface area (Å²) in [6, 6.07) is 0. The monoisotopic (exact) mass is 150 g/mol. The normalized spacial score (nSPS) is 38.1. The molecule has 0 saturated heterocycles. The van der Waals surface area contributed by atoms with Crippen LogP contribution in [0.15, 0.2) is 24.3 Å². The minimum atomic E-state index is -0.378. The maximum atomic E-state index is 10.7. The predicted molar refractivity (Wildman–Crippen MR) is 40.9 cm³/mol. The lowest BCUT2D eigenvalue weighted by Crippen LogP contribution is -2.25. The van der Waals surface area contributed by atoms with Crippen molar-refractivity contribution in [3.63, 3.8) is 0 Å². The highest BCUT2D eigenvalue weighted by molar-refractivity contribution is 5.67. The van der Waals surface area contributed by atoms with Crippen molar-refractivity contribution in [1.82, 2.24) is 0 Å². The highest BCUT2D eigenvalue weighted by Crippen LogP contribution is 2.39. The quantitative estimate of drug-likeness (QED) is 0.417. The second-order valence-corrected chi connectivity index (χ2v) is 3.13. The highest BCUT2D eigenvalue weighted by Gasteiger charge is 2.38. The molecule has 0 aromatic carbocycles. The molecule has 0 aromatic heterocycles. The number of esters is 1. The third kappa shape index (κ3) is 0.985. The third-order valence-corrected chi connectivity index (χ3v) is 2.14. The van der Waals surface area contributed by atoms with Crippen molar-refractivity contribution in [3.8, 4) is 0 Å². The first-order valence-electron chi connectivity index (χ1n) is 3.78. The largest absolute Gasteiger partial charge is 0.451 e. The van der Waals surface area contributed by atoms with Crippen LogP contribution >= 0.6 is 0 Å². The van der Waals surface area contributed by atoms with Crippen molar-refractivity contribution < 1.29 is 9.53 Å². The smallest absolute Gasteiger partial charge is 0.303 e. The first-order chi connectivity index (χ1) is 5.20. The minimum absolute atomic E-state index is 0.207. The van der Waals surface area contributed by atoms with Crippen molar-refractivity contribution >= 4 is 5.97 Å². The predicted octanol–water partition coefficient (Wildman–Crippen LogP) is 1.43. The van der Waals surface area contributed by atoms with Crippen LogP contribution < -0.4 is 0 Å². The van der Waals surface area contributed by atoms with Gasteiger partial charge in [-0.05, 0) is 18.1 Å². The average Bonchev–Trinajstić information content (AvgIpc) is 2.43. The molecule has 11 heavy (non-hydrogen) atoms. The summed E-state index contributed by atoms with van der Waals surface area (Å²) < 4.78 is 5.18. The van der Waals surface area contributed by atoms with E-state index in [1.807, 2.05) is 12.2 Å². The molecule has 0 unspecified atom stereocenters. The van der Waals surface area contributed by atoms with E-state index in [0.29, 0.717) is 5.92 Å². The number of hydrogen-bond donors (Lipinski definition) is 0. The van der Waals surface area contributed by atoms with Gasteiger partial charge in [0.25, 0.3) is 0 Å². The van der Waals surface area contributed by atoms with Gasteiger partial charge in [0.1, 0.15) is 5.60 Å². The first kappa shape index (κ1) is 6.65. The molecule has 2 aliphatic rings. The van der Waals surface area contributed by atoms with Crippen LogP contribution in [0.1, 0.15) is 13.3 Å². The van der Waals surface area contributed by atoms with E-state index in [1.165, 1.54) is 6.92 Å². The molecule has 2 rings (SSSR count). The Morgan fingerprint density at radius 2 is 2.18 bits per heavy atom. The van der Waals surface area contributed by atoms with Crippen molar-refractivity contribution in [2.45, 2.75) is 18.9 Å². The van der Waals surface area contributed by atoms with Gasteiger partial charge in [-0.1, -0.05) is 12.2 Å². The lowest BCUT2D eigenvalue weighted by Gasteiger charge is -2.20. The van der Waals surface area contributed by atoms with E-state index in [-0.39, 0.29) is 11.6 Å². The van der Waals surface area contributed by atoms with Crippen LogP contribution in [0.3, 0.4) is 0 Å². The van der Waals surface area contributed by atoms with Gasteiger partial charge in [0, 0.05) is 13.3 Å². The van der Waals surface area contributed by atoms with Crippen LogP contribution in [-0.2, 0) is 9.53 Å². The molecule has 0 N–H and O–H groups in total. The molecule has 2 heteroatoms. The Morgan fingerprint density at radius 1 is 1.55 bits per heavy atom. The third-order valence-electron chi connectivity index (χ3n) is 2.14. The zero-order chi connectivity index (χ0) is 7.90. The Bertz CT molecular complexity index is 236. The van der Waals surface area contributed by atoms with Gasteiger partial charge in [-0.2, -0.15) is 0 Å². The molecule has 0 radical (unpaired) electrons. The van der Waals surface area contributed by atoms with E-state index in [2.05, 4.69) is 12.2 Å². The molecule has 2 nitrogen and oxygen atoms in total. The van der Waals surface area contributed by atoms with E-state index in [9.17, 15) is 4.79 Å². The van der Waals surface area contributed by atoms with Gasteiger partial charge in [0.2, 0.25) is 0 Å². The number of fused-ring (bicyclic) bond motifs is 2. The van der Waals surface area contributed by atoms with Gasteiger partial charge in [-0.3, -0.25) is 4.79 Å². The van der Waals surface area contributed by atoms with Gasteiger partial charge in [-0.25, -0.2) is 0 Å². The van der Waals surface area contributed by atoms with Crippen LogP contribution in [0.5, 0.6) is 0 Å². The second-order valence-electron chi connectivity index (χ2n) is 3.13. The zero-order valence-corrected chi connectivity index (χ0v) is 6.41. The van der Waals surface area contributed by atoms with Gasteiger partial charge in [0.15, 0.2) is 0 Å². The SMILES string of the molecule is CC(=O)OC12C=CC(C=C1)C2. The lowest BCUT2D eigenvalue weighted by atomic mass is 10.1. The van der Waals surface area contributed by atoms with Gasteiger partial charge < -0.3 is 4.74 Å². The molecule has 0 amide bonds. The fraction of sp³-hybridized carbons (Fsp3) is 0.444. The Kier molecular flexibility index (Phi) is 1.19. The summed E-state index contributed by atoms with van der Waals surface area (Å²) in [4.78, 5) is 10.7. The van der Waals surface area contributed by atoms with E-state index >= 15 is 0 Å². The maximum absolute atomic E-state index is 10.7. The van der Waals surface area contributed by atoms with Gasteiger partial charge >= 0.3 is 5.97 Å². The van der Waals surface area contributed by atoms with Crippen LogP contribution in [0.2, 0.25) is 0 Å². The van der Waals surface area contributed by atoms with Crippen LogP contribution in [0.25, 0.3) is 0 Å². The summed E-state index contributed by atoms with van der Waals surface area (Å²) in [6.45, 7) is 1.45. The van der Waals surface area contributed by atoms with Crippen molar-refractivity contribution in [3.05, 3.63) is 24.3 Å². The number of rotatable bonds is 1. The number of allylic oxidation sites excluding steroid dienone is 2. The molecule has 58 valence electrons. The van der Waals surface area contributed by atoms with E-state index in [4.69, 9.17) is 4.74 Å². The van der Waals surface area contributed by atoms with Gasteiger partial charge in [-0.15, -0.1) is 0 Å². The molecule has 2 aliphatic carbocycles. The maximum Gasteiger partial charge on any atom is 0.303 e. The number of carbonyl (C=O) groups excluding carboxylic acids is 1. The van der Waals surface area contributed by atoms with Crippen LogP contribution in [-0.4, -0.2) is 11.6 Å². The highest BCUT2D eigenvalue weighted by atomic mass is 16.6. The Morgan fingerprint density at radius 3 is 2.55 bits per heavy atom. The van der Waals surface area contributed by atoms with Gasteiger partial charge in [0.05, 0.1) is 0 Å². The lowest BCUT2D eigenvalue weighted by molar-refractivity contribution is -0.148. The fourth-order valence-corrected chi connectivity index (χ4v) is 1.71. The number of hydrogen-bond acceptors (Lipinski definition) is 2. The standard InChI is InChI=1S/C9H10O2/c1-7(10)11-9-4-2-8(6-9)3-5-9/h2-5,8H,6H2,1H3. The zero-order valence-electron chi connectivity index (χ0n) is 6.41. The van der Waals surface area contributed by atoms with Crippen molar-refractivity contribution in [2.75, 3.05) is 0 Å². The van der Waals surface area contributed by atoms with Crippen LogP contribution in [0.4, 0.5) is 0 Å². The summed E-state index contributed by atoms with van der Waals surface area (Å²) in [5.74, 6) is 0.288. The number of carbonyl (C=O) groups is 1. The molecule has 0 saturated carbocycles. The van der Waals surface area contributed by atoms with E-state index in [1.54, 1.807) is 0 Å². The molecule has 0 atom stereocenters. The molecule has 0 aromatic rings. The minimum Gasteiger partial charge on any atom is -0.451 e. The first-order valence-corrected chi connectivity index (χ1v) is 3.78. The average molecular weight is 150 g/mol. The van der Waals surface area contributed by atoms with E-state index < -0.39 is 0 Å². The summed E-state index contributed by atoms with van der Waals surface area (Å²) in [7, 11) is 0. The Labute approximate surface area is 65.5 Å². The second kappa shape index (κ2) is 1.97. The molecule has 0 aliphatic heterocycles. The van der Waals surface area contributed by atoms with Crippen molar-refractivity contribution in [2.24, 2.45) is 5.92 Å². The summed E-state index contributed by atoms with van der Waals surface area (Å²) in [6.07, 6.45) is 9.02. The Balaban J connectivity index is 2.17. The topological polar surface area (TPSA) is 26.3 Å². The molecular formula is C9H10O2. The molecule has 0 spiro atoms. The Hall–Kier alpha value is -1.05. The molecular weight excluding hydrogens is 140 g/mol.